The molecule has 0 unspecified atom stereocenters. The van der Waals surface area contributed by atoms with E-state index in [9.17, 15) is 0 Å². The van der Waals surface area contributed by atoms with Crippen molar-refractivity contribution in [1.29, 1.82) is 0 Å². The summed E-state index contributed by atoms with van der Waals surface area (Å²) in [6, 6.07) is 0. The van der Waals surface area contributed by atoms with Crippen LogP contribution in [-0.4, -0.2) is 120 Å². The summed E-state index contributed by atoms with van der Waals surface area (Å²) in [6.45, 7) is 4.78. The van der Waals surface area contributed by atoms with Crippen LogP contribution in [0.15, 0.2) is 0 Å². The Labute approximate surface area is 128 Å². The quantitative estimate of drug-likeness (QED) is 0.363. The zero-order valence-corrected chi connectivity index (χ0v) is 16.7. The fourth-order valence-corrected chi connectivity index (χ4v) is 4.57. The first-order valence-corrected chi connectivity index (χ1v) is 10.8. The molecular formula is C12H30BiN3O3. The Bertz CT molecular complexity index is 173. The Hall–Kier alpha value is 0.643. The van der Waals surface area contributed by atoms with Crippen molar-refractivity contribution >= 4 is 23.1 Å². The Morgan fingerprint density at radius 3 is 1.05 bits per heavy atom. The van der Waals surface area contributed by atoms with E-state index in [2.05, 4.69) is 14.7 Å². The number of likely N-dealkylation sites (N-methyl/N-ethyl adjacent to an activating group) is 3. The third kappa shape index (κ3) is 14.9. The van der Waals surface area contributed by atoms with Crippen molar-refractivity contribution in [2.45, 2.75) is 0 Å². The molecule has 0 atom stereocenters. The number of nitrogens with zero attached hydrogens (tertiary/aromatic N) is 3. The van der Waals surface area contributed by atoms with Gasteiger partial charge in [0.25, 0.3) is 0 Å². The predicted octanol–water partition coefficient (Wildman–Crippen LogP) is -0.294. The Morgan fingerprint density at radius 1 is 0.579 bits per heavy atom. The summed E-state index contributed by atoms with van der Waals surface area (Å²) in [4.78, 5) is 6.30. The SMILES string of the molecule is CN(C)CC[O][Bi]([O]CCN(C)C)[O]CCN(C)C. The number of rotatable bonds is 12. The molecule has 0 saturated heterocycles. The van der Waals surface area contributed by atoms with E-state index in [4.69, 9.17) is 8.44 Å². The third-order valence-corrected chi connectivity index (χ3v) is 6.79. The second kappa shape index (κ2) is 12.4. The zero-order valence-electron chi connectivity index (χ0n) is 13.3. The van der Waals surface area contributed by atoms with E-state index >= 15 is 0 Å². The molecule has 0 aromatic heterocycles. The molecular weight excluding hydrogens is 443 g/mol. The molecule has 0 aromatic rings. The van der Waals surface area contributed by atoms with Crippen LogP contribution in [0.3, 0.4) is 0 Å². The maximum absolute atomic E-state index is 5.80. The molecule has 0 aromatic carbocycles. The first-order chi connectivity index (χ1) is 8.91. The second-order valence-corrected chi connectivity index (χ2v) is 9.88. The summed E-state index contributed by atoms with van der Waals surface area (Å²) < 4.78 is 17.4. The van der Waals surface area contributed by atoms with Crippen molar-refractivity contribution in [3.8, 4) is 0 Å². The van der Waals surface area contributed by atoms with E-state index in [1.807, 2.05) is 42.3 Å². The van der Waals surface area contributed by atoms with Gasteiger partial charge in [-0.2, -0.15) is 0 Å². The van der Waals surface area contributed by atoms with Gasteiger partial charge in [-0.25, -0.2) is 0 Å². The minimum absolute atomic E-state index is 0.689. The summed E-state index contributed by atoms with van der Waals surface area (Å²) in [5, 5.41) is 0. The molecule has 0 bridgehead atoms. The summed E-state index contributed by atoms with van der Waals surface area (Å²) in [6.07, 6.45) is 0. The maximum atomic E-state index is 5.80. The topological polar surface area (TPSA) is 37.4 Å². The van der Waals surface area contributed by atoms with Crippen molar-refractivity contribution < 1.29 is 8.44 Å². The van der Waals surface area contributed by atoms with E-state index in [1.165, 1.54) is 0 Å². The molecule has 0 fully saturated rings. The predicted molar refractivity (Wildman–Crippen MR) is 79.3 cm³/mol. The molecule has 7 heteroatoms. The summed E-state index contributed by atoms with van der Waals surface area (Å²) in [5.41, 5.74) is 0. The average molecular weight is 473 g/mol. The molecule has 0 N–H and O–H groups in total. The van der Waals surface area contributed by atoms with Gasteiger partial charge in [0.05, 0.1) is 0 Å². The van der Waals surface area contributed by atoms with Crippen molar-refractivity contribution in [3.05, 3.63) is 0 Å². The molecule has 0 spiro atoms. The normalized spacial score (nSPS) is 12.3. The Morgan fingerprint density at radius 2 is 0.842 bits per heavy atom. The third-order valence-electron chi connectivity index (χ3n) is 2.21. The van der Waals surface area contributed by atoms with Crippen LogP contribution in [0.2, 0.25) is 0 Å². The number of hydrogen-bond donors (Lipinski definition) is 0. The molecule has 0 aliphatic carbocycles. The molecule has 0 saturated carbocycles. The van der Waals surface area contributed by atoms with Crippen molar-refractivity contribution in [2.24, 2.45) is 0 Å². The first-order valence-electron chi connectivity index (χ1n) is 6.55. The van der Waals surface area contributed by atoms with Gasteiger partial charge in [-0.3, -0.25) is 0 Å². The molecule has 0 aliphatic heterocycles. The van der Waals surface area contributed by atoms with E-state index in [0.29, 0.717) is 19.8 Å². The van der Waals surface area contributed by atoms with Crippen LogP contribution >= 0.6 is 0 Å². The van der Waals surface area contributed by atoms with E-state index in [0.717, 1.165) is 19.6 Å². The van der Waals surface area contributed by atoms with Crippen molar-refractivity contribution in [2.75, 3.05) is 81.7 Å². The molecule has 0 heterocycles. The van der Waals surface area contributed by atoms with Crippen LogP contribution < -0.4 is 0 Å². The first kappa shape index (κ1) is 19.6. The fraction of sp³-hybridized carbons (Fsp3) is 1.00. The van der Waals surface area contributed by atoms with Gasteiger partial charge in [-0.15, -0.1) is 0 Å². The summed E-state index contributed by atoms with van der Waals surface area (Å²) in [7, 11) is 12.2. The molecule has 0 radical (unpaired) electrons. The standard InChI is InChI=1S/3C4H10NO.Bi/c3*1-5(2)3-4-6;/h3*3-4H2,1-2H3;/q3*-1;+3. The minimum atomic E-state index is -2.65. The summed E-state index contributed by atoms with van der Waals surface area (Å²) in [5.74, 6) is 0. The molecule has 19 heavy (non-hydrogen) atoms. The molecule has 6 nitrogen and oxygen atoms in total. The fourth-order valence-electron chi connectivity index (χ4n) is 1.01. The van der Waals surface area contributed by atoms with E-state index in [-0.39, 0.29) is 0 Å². The van der Waals surface area contributed by atoms with Crippen LogP contribution in [0.25, 0.3) is 0 Å². The summed E-state index contributed by atoms with van der Waals surface area (Å²) >= 11 is -2.65. The van der Waals surface area contributed by atoms with Crippen LogP contribution in [-0.2, 0) is 8.44 Å². The van der Waals surface area contributed by atoms with Crippen molar-refractivity contribution in [3.63, 3.8) is 0 Å². The van der Waals surface area contributed by atoms with E-state index < -0.39 is 23.1 Å². The Kier molecular flexibility index (Phi) is 12.8. The second-order valence-electron chi connectivity index (χ2n) is 5.13. The van der Waals surface area contributed by atoms with Gasteiger partial charge >= 0.3 is 128 Å². The van der Waals surface area contributed by atoms with Gasteiger partial charge in [0.2, 0.25) is 0 Å². The molecule has 0 amide bonds. The van der Waals surface area contributed by atoms with Gasteiger partial charge in [0.1, 0.15) is 0 Å². The Balaban J connectivity index is 3.85. The monoisotopic (exact) mass is 473 g/mol. The van der Waals surface area contributed by atoms with Crippen molar-refractivity contribution in [1.82, 2.24) is 14.7 Å². The van der Waals surface area contributed by atoms with Gasteiger partial charge in [0.15, 0.2) is 0 Å². The van der Waals surface area contributed by atoms with Gasteiger partial charge in [0, 0.05) is 0 Å². The molecule has 0 aliphatic rings. The zero-order chi connectivity index (χ0) is 14.7. The van der Waals surface area contributed by atoms with Crippen LogP contribution in [0.4, 0.5) is 0 Å². The average Bonchev–Trinajstić information content (AvgIpc) is 2.26. The van der Waals surface area contributed by atoms with Gasteiger partial charge in [-0.1, -0.05) is 0 Å². The number of hydrogen-bond acceptors (Lipinski definition) is 6. The molecule has 0 rings (SSSR count). The van der Waals surface area contributed by atoms with Crippen LogP contribution in [0.5, 0.6) is 0 Å². The van der Waals surface area contributed by atoms with Gasteiger partial charge in [-0.05, 0) is 0 Å². The van der Waals surface area contributed by atoms with Crippen LogP contribution in [0.1, 0.15) is 0 Å². The van der Waals surface area contributed by atoms with E-state index in [1.54, 1.807) is 0 Å². The van der Waals surface area contributed by atoms with Gasteiger partial charge < -0.3 is 0 Å². The molecule has 116 valence electrons. The van der Waals surface area contributed by atoms with Crippen LogP contribution in [0, 0.1) is 0 Å².